The summed E-state index contributed by atoms with van der Waals surface area (Å²) in [6.07, 6.45) is 4.24. The molecule has 94 valence electrons. The molecule has 1 atom stereocenters. The Labute approximate surface area is 103 Å². The minimum Gasteiger partial charge on any atom is -0.392 e. The Balaban J connectivity index is 2.08. The molecule has 4 heteroatoms. The second-order valence-electron chi connectivity index (χ2n) is 4.93. The summed E-state index contributed by atoms with van der Waals surface area (Å²) in [4.78, 5) is 9.04. The highest BCUT2D eigenvalue weighted by atomic mass is 16.3. The van der Waals surface area contributed by atoms with Crippen molar-refractivity contribution in [2.75, 3.05) is 32.1 Å². The van der Waals surface area contributed by atoms with Gasteiger partial charge in [0.1, 0.15) is 5.82 Å². The maximum Gasteiger partial charge on any atom is 0.128 e. The van der Waals surface area contributed by atoms with Crippen molar-refractivity contribution in [2.45, 2.75) is 25.5 Å². The molecule has 1 aromatic heterocycles. The zero-order chi connectivity index (χ0) is 12.3. The van der Waals surface area contributed by atoms with Gasteiger partial charge in [0.2, 0.25) is 0 Å². The molecule has 1 fully saturated rings. The third-order valence-corrected chi connectivity index (χ3v) is 3.24. The molecule has 2 rings (SSSR count). The minimum absolute atomic E-state index is 0.0639. The van der Waals surface area contributed by atoms with Crippen LogP contribution in [-0.2, 0) is 6.61 Å². The van der Waals surface area contributed by atoms with Gasteiger partial charge in [-0.05, 0) is 38.6 Å². The van der Waals surface area contributed by atoms with E-state index in [2.05, 4.69) is 28.9 Å². The first-order valence-corrected chi connectivity index (χ1v) is 6.18. The van der Waals surface area contributed by atoms with Gasteiger partial charge in [-0.2, -0.15) is 0 Å². The van der Waals surface area contributed by atoms with E-state index in [1.165, 1.54) is 12.8 Å². The number of hydrogen-bond acceptors (Lipinski definition) is 4. The molecule has 0 spiro atoms. The second kappa shape index (κ2) is 5.47. The third kappa shape index (κ3) is 2.96. The van der Waals surface area contributed by atoms with Crippen molar-refractivity contribution in [1.29, 1.82) is 0 Å². The molecule has 4 nitrogen and oxygen atoms in total. The largest absolute Gasteiger partial charge is 0.392 e. The maximum atomic E-state index is 9.00. The Morgan fingerprint density at radius 3 is 2.88 bits per heavy atom. The zero-order valence-corrected chi connectivity index (χ0v) is 10.6. The maximum absolute atomic E-state index is 9.00. The van der Waals surface area contributed by atoms with Crippen LogP contribution in [0.5, 0.6) is 0 Å². The van der Waals surface area contributed by atoms with Crippen LogP contribution in [0.15, 0.2) is 18.3 Å². The smallest absolute Gasteiger partial charge is 0.128 e. The highest BCUT2D eigenvalue weighted by molar-refractivity contribution is 5.41. The van der Waals surface area contributed by atoms with Gasteiger partial charge >= 0.3 is 0 Å². The fourth-order valence-corrected chi connectivity index (χ4v) is 2.43. The first-order chi connectivity index (χ1) is 8.20. The lowest BCUT2D eigenvalue weighted by Crippen LogP contribution is -2.37. The quantitative estimate of drug-likeness (QED) is 0.848. The second-order valence-corrected chi connectivity index (χ2v) is 4.93. The van der Waals surface area contributed by atoms with Crippen LogP contribution in [0.1, 0.15) is 18.4 Å². The van der Waals surface area contributed by atoms with Crippen LogP contribution >= 0.6 is 0 Å². The van der Waals surface area contributed by atoms with Gasteiger partial charge in [-0.3, -0.25) is 0 Å². The Hall–Kier alpha value is -1.13. The fraction of sp³-hybridized carbons (Fsp3) is 0.615. The SMILES string of the molecule is CN(C)CC1CCCN1c1ccc(CO)cn1. The van der Waals surface area contributed by atoms with E-state index in [0.717, 1.165) is 24.5 Å². The van der Waals surface area contributed by atoms with Crippen LogP contribution in [0.25, 0.3) is 0 Å². The van der Waals surface area contributed by atoms with Crippen LogP contribution in [-0.4, -0.2) is 48.2 Å². The first kappa shape index (κ1) is 12.3. The predicted octanol–water partition coefficient (Wildman–Crippen LogP) is 1.10. The molecule has 0 saturated carbocycles. The number of anilines is 1. The van der Waals surface area contributed by atoms with E-state index in [0.29, 0.717) is 6.04 Å². The average Bonchev–Trinajstić information content (AvgIpc) is 2.76. The minimum atomic E-state index is 0.0639. The Morgan fingerprint density at radius 2 is 2.29 bits per heavy atom. The molecule has 1 aromatic rings. The van der Waals surface area contributed by atoms with E-state index < -0.39 is 0 Å². The fourth-order valence-electron chi connectivity index (χ4n) is 2.43. The van der Waals surface area contributed by atoms with Crippen molar-refractivity contribution >= 4 is 5.82 Å². The van der Waals surface area contributed by atoms with Gasteiger partial charge in [-0.1, -0.05) is 6.07 Å². The van der Waals surface area contributed by atoms with Crippen molar-refractivity contribution in [3.63, 3.8) is 0 Å². The molecule has 1 N–H and O–H groups in total. The van der Waals surface area contributed by atoms with Crippen molar-refractivity contribution < 1.29 is 5.11 Å². The molecule has 0 radical (unpaired) electrons. The lowest BCUT2D eigenvalue weighted by molar-refractivity contribution is 0.281. The van der Waals surface area contributed by atoms with Crippen molar-refractivity contribution in [1.82, 2.24) is 9.88 Å². The van der Waals surface area contributed by atoms with E-state index >= 15 is 0 Å². The number of aliphatic hydroxyl groups excluding tert-OH is 1. The molecule has 0 bridgehead atoms. The summed E-state index contributed by atoms with van der Waals surface area (Å²) < 4.78 is 0. The third-order valence-electron chi connectivity index (χ3n) is 3.24. The molecular weight excluding hydrogens is 214 g/mol. The summed E-state index contributed by atoms with van der Waals surface area (Å²) >= 11 is 0. The van der Waals surface area contributed by atoms with E-state index in [9.17, 15) is 0 Å². The van der Waals surface area contributed by atoms with Gasteiger partial charge in [0.25, 0.3) is 0 Å². The Kier molecular flexibility index (Phi) is 3.97. The van der Waals surface area contributed by atoms with Crippen LogP contribution in [0.2, 0.25) is 0 Å². The van der Waals surface area contributed by atoms with Gasteiger partial charge in [-0.25, -0.2) is 4.98 Å². The monoisotopic (exact) mass is 235 g/mol. The van der Waals surface area contributed by atoms with Crippen molar-refractivity contribution in [3.05, 3.63) is 23.9 Å². The summed E-state index contributed by atoms with van der Waals surface area (Å²) in [5, 5.41) is 9.00. The summed E-state index contributed by atoms with van der Waals surface area (Å²) in [6.45, 7) is 2.22. The molecule has 0 aromatic carbocycles. The van der Waals surface area contributed by atoms with Crippen LogP contribution in [0.3, 0.4) is 0 Å². The molecule has 1 aliphatic heterocycles. The van der Waals surface area contributed by atoms with Crippen molar-refractivity contribution in [3.8, 4) is 0 Å². The van der Waals surface area contributed by atoms with Gasteiger partial charge in [0.15, 0.2) is 0 Å². The van der Waals surface area contributed by atoms with Crippen molar-refractivity contribution in [2.24, 2.45) is 0 Å². The summed E-state index contributed by atoms with van der Waals surface area (Å²) in [6, 6.07) is 4.53. The highest BCUT2D eigenvalue weighted by Gasteiger charge is 2.25. The molecule has 2 heterocycles. The van der Waals surface area contributed by atoms with Gasteiger partial charge < -0.3 is 14.9 Å². The van der Waals surface area contributed by atoms with Gasteiger partial charge in [-0.15, -0.1) is 0 Å². The van der Waals surface area contributed by atoms with E-state index in [-0.39, 0.29) is 6.61 Å². The standard InChI is InChI=1S/C13H21N3O/c1-15(2)9-12-4-3-7-16(12)13-6-5-11(10-17)8-14-13/h5-6,8,12,17H,3-4,7,9-10H2,1-2H3. The summed E-state index contributed by atoms with van der Waals surface area (Å²) in [5.74, 6) is 1.03. The molecule has 1 saturated heterocycles. The number of rotatable bonds is 4. The lowest BCUT2D eigenvalue weighted by Gasteiger charge is -2.28. The topological polar surface area (TPSA) is 39.6 Å². The molecule has 17 heavy (non-hydrogen) atoms. The van der Waals surface area contributed by atoms with Crippen LogP contribution < -0.4 is 4.90 Å². The van der Waals surface area contributed by atoms with Crippen LogP contribution in [0.4, 0.5) is 5.82 Å². The molecule has 1 unspecified atom stereocenters. The molecule has 0 amide bonds. The number of hydrogen-bond donors (Lipinski definition) is 1. The number of likely N-dealkylation sites (N-methyl/N-ethyl adjacent to an activating group) is 1. The van der Waals surface area contributed by atoms with Crippen LogP contribution in [0, 0.1) is 0 Å². The first-order valence-electron chi connectivity index (χ1n) is 6.18. The van der Waals surface area contributed by atoms with E-state index in [1.807, 2.05) is 12.1 Å². The number of aromatic nitrogens is 1. The highest BCUT2D eigenvalue weighted by Crippen LogP contribution is 2.24. The summed E-state index contributed by atoms with van der Waals surface area (Å²) in [5.41, 5.74) is 0.872. The Morgan fingerprint density at radius 1 is 1.47 bits per heavy atom. The van der Waals surface area contributed by atoms with E-state index in [4.69, 9.17) is 5.11 Å². The number of nitrogens with zero attached hydrogens (tertiary/aromatic N) is 3. The zero-order valence-electron chi connectivity index (χ0n) is 10.6. The normalized spacial score (nSPS) is 20.2. The average molecular weight is 235 g/mol. The molecule has 0 aliphatic carbocycles. The molecular formula is C13H21N3O. The van der Waals surface area contributed by atoms with Gasteiger partial charge in [0, 0.05) is 25.3 Å². The van der Waals surface area contributed by atoms with E-state index in [1.54, 1.807) is 6.20 Å². The molecule has 1 aliphatic rings. The number of aliphatic hydroxyl groups is 1. The lowest BCUT2D eigenvalue weighted by atomic mass is 10.2. The summed E-state index contributed by atoms with van der Waals surface area (Å²) in [7, 11) is 4.22. The van der Waals surface area contributed by atoms with Gasteiger partial charge in [0.05, 0.1) is 6.61 Å². The Bertz CT molecular complexity index is 350. The predicted molar refractivity (Wildman–Crippen MR) is 69.1 cm³/mol. The number of pyridine rings is 1.